The van der Waals surface area contributed by atoms with Crippen LogP contribution in [0.4, 0.5) is 0 Å². The molecule has 0 fully saturated rings. The van der Waals surface area contributed by atoms with E-state index < -0.39 is 83.6 Å². The van der Waals surface area contributed by atoms with Crippen LogP contribution < -0.4 is 101 Å². The molecule has 7 amide bonds. The number of aliphatic imine (C=N–C) groups is 3. The van der Waals surface area contributed by atoms with Crippen molar-refractivity contribution < 1.29 is 33.6 Å². The molecule has 30 N–H and O–H groups in total. The Labute approximate surface area is 411 Å². The second-order valence-electron chi connectivity index (χ2n) is 16.9. The van der Waals surface area contributed by atoms with Crippen LogP contribution in [0.3, 0.4) is 0 Å². The predicted molar refractivity (Wildman–Crippen MR) is 270 cm³/mol. The van der Waals surface area contributed by atoms with Gasteiger partial charge < -0.3 is 101 Å². The number of carbonyl (C=O) groups excluding carboxylic acids is 7. The molecule has 0 radical (unpaired) electrons. The molecule has 0 unspecified atom stereocenters. The van der Waals surface area contributed by atoms with Gasteiger partial charge in [-0.2, -0.15) is 0 Å². The quantitative estimate of drug-likeness (QED) is 0.0154. The first-order chi connectivity index (χ1) is 33.3. The van der Waals surface area contributed by atoms with Crippen LogP contribution in [0.5, 0.6) is 0 Å². The number of amides is 7. The molecular formula is C42H87N21O7. The van der Waals surface area contributed by atoms with E-state index in [1.54, 1.807) is 0 Å². The van der Waals surface area contributed by atoms with E-state index in [-0.39, 0.29) is 102 Å². The topological polar surface area (TPSA) is 541 Å². The van der Waals surface area contributed by atoms with Gasteiger partial charge in [0.25, 0.3) is 0 Å². The third kappa shape index (κ3) is 30.4. The monoisotopic (exact) mass is 998 g/mol. The third-order valence-corrected chi connectivity index (χ3v) is 10.8. The standard InChI is InChI=1S/C42H87N21O7/c43-19-5-1-13-27(33(48)64)58-35(66)29(15-3-7-21-45)60-37(68)30(16-4-8-22-46)61-38(69)31(17-10-24-56-41(51)52)63-39(70)32(18-11-25-57-42(53)54)62-36(67)28(14-2-6-20-44)59-34(65)26(47)12-9-23-55-40(49)50/h26-32H,1-25,43-47H2,(H2,48,64)(H,58,66)(H,59,65)(H,60,68)(H,61,69)(H,62,67)(H,63,70)(H4,49,50,55)(H4,51,52,56)(H4,53,54,57)/t26-,27-,28-,29-,30-,31-,32-/m0/s1. The van der Waals surface area contributed by atoms with Crippen LogP contribution in [0, 0.1) is 0 Å². The summed E-state index contributed by atoms with van der Waals surface area (Å²) in [7, 11) is 0. The molecule has 0 aromatic heterocycles. The highest BCUT2D eigenvalue weighted by molar-refractivity contribution is 5.97. The Balaban J connectivity index is 6.81. The SMILES string of the molecule is NCCCC[C@H](NC(=O)[C@H](CCCCN)NC(=O)[C@H](CCCCN)NC(=O)[C@H](CCCN=C(N)N)NC(=O)[C@H](CCCN=C(N)N)NC(=O)[C@H](CCCCN)NC(=O)[C@@H](N)CCCN=C(N)N)C(N)=O. The number of carbonyl (C=O) groups is 7. The number of nitrogens with zero attached hydrogens (tertiary/aromatic N) is 3. The molecule has 28 nitrogen and oxygen atoms in total. The zero-order valence-electron chi connectivity index (χ0n) is 40.8. The lowest BCUT2D eigenvalue weighted by molar-refractivity contribution is -0.135. The summed E-state index contributed by atoms with van der Waals surface area (Å²) in [5.74, 6) is -5.54. The highest BCUT2D eigenvalue weighted by atomic mass is 16.2. The van der Waals surface area contributed by atoms with Crippen LogP contribution in [0.1, 0.15) is 116 Å². The van der Waals surface area contributed by atoms with Crippen molar-refractivity contribution in [3.63, 3.8) is 0 Å². The molecule has 0 rings (SSSR count). The Bertz CT molecular complexity index is 1660. The van der Waals surface area contributed by atoms with Crippen LogP contribution in [0.25, 0.3) is 0 Å². The molecule has 0 saturated heterocycles. The Morgan fingerprint density at radius 2 is 0.543 bits per heavy atom. The predicted octanol–water partition coefficient (Wildman–Crippen LogP) is -6.62. The molecule has 0 aromatic rings. The summed E-state index contributed by atoms with van der Waals surface area (Å²) in [6.45, 7) is 1.70. The number of rotatable bonds is 41. The van der Waals surface area contributed by atoms with Gasteiger partial charge in [-0.05, 0) is 142 Å². The molecule has 0 spiro atoms. The van der Waals surface area contributed by atoms with Crippen molar-refractivity contribution in [3.8, 4) is 0 Å². The van der Waals surface area contributed by atoms with Crippen molar-refractivity contribution in [2.45, 2.75) is 158 Å². The maximum absolute atomic E-state index is 14.3. The summed E-state index contributed by atoms with van der Waals surface area (Å²) >= 11 is 0. The number of hydrogen-bond acceptors (Lipinski definition) is 15. The zero-order chi connectivity index (χ0) is 52.9. The molecule has 70 heavy (non-hydrogen) atoms. The fraction of sp³-hybridized carbons (Fsp3) is 0.762. The summed E-state index contributed by atoms with van der Waals surface area (Å²) in [6.07, 6.45) is 5.47. The normalized spacial score (nSPS) is 13.9. The minimum absolute atomic E-state index is 0.0220. The van der Waals surface area contributed by atoms with E-state index in [0.717, 1.165) is 0 Å². The molecule has 0 heterocycles. The Morgan fingerprint density at radius 1 is 0.314 bits per heavy atom. The number of nitrogens with two attached hydrogens (primary N) is 12. The summed E-state index contributed by atoms with van der Waals surface area (Å²) in [5, 5.41) is 16.2. The summed E-state index contributed by atoms with van der Waals surface area (Å²) in [5.41, 5.74) is 67.3. The highest BCUT2D eigenvalue weighted by Crippen LogP contribution is 2.11. The molecule has 28 heteroatoms. The lowest BCUT2D eigenvalue weighted by Crippen LogP contribution is -2.60. The van der Waals surface area contributed by atoms with Gasteiger partial charge in [0.2, 0.25) is 41.4 Å². The van der Waals surface area contributed by atoms with E-state index >= 15 is 0 Å². The minimum atomic E-state index is -1.32. The first kappa shape index (κ1) is 63.9. The fourth-order valence-electron chi connectivity index (χ4n) is 6.90. The van der Waals surface area contributed by atoms with Crippen molar-refractivity contribution in [1.82, 2.24) is 31.9 Å². The van der Waals surface area contributed by atoms with Gasteiger partial charge in [0.15, 0.2) is 17.9 Å². The molecular weight excluding hydrogens is 911 g/mol. The smallest absolute Gasteiger partial charge is 0.243 e. The molecule has 0 aliphatic heterocycles. The molecule has 0 aromatic carbocycles. The largest absolute Gasteiger partial charge is 0.370 e. The third-order valence-electron chi connectivity index (χ3n) is 10.8. The second kappa shape index (κ2) is 38.7. The van der Waals surface area contributed by atoms with Gasteiger partial charge in [-0.15, -0.1) is 0 Å². The average Bonchev–Trinajstić information content (AvgIpc) is 3.30. The van der Waals surface area contributed by atoms with Crippen molar-refractivity contribution in [1.29, 1.82) is 0 Å². The second-order valence-corrected chi connectivity index (χ2v) is 16.9. The Hall–Kier alpha value is -6.10. The maximum Gasteiger partial charge on any atom is 0.243 e. The first-order valence-electron chi connectivity index (χ1n) is 24.1. The molecule has 7 atom stereocenters. The van der Waals surface area contributed by atoms with E-state index in [1.165, 1.54) is 0 Å². The summed E-state index contributed by atoms with van der Waals surface area (Å²) in [6, 6.07) is -8.17. The van der Waals surface area contributed by atoms with Crippen LogP contribution in [-0.2, 0) is 33.6 Å². The van der Waals surface area contributed by atoms with Gasteiger partial charge in [0.05, 0.1) is 6.04 Å². The summed E-state index contributed by atoms with van der Waals surface area (Å²) in [4.78, 5) is 107. The van der Waals surface area contributed by atoms with E-state index in [4.69, 9.17) is 68.8 Å². The van der Waals surface area contributed by atoms with Crippen molar-refractivity contribution in [2.75, 3.05) is 45.8 Å². The van der Waals surface area contributed by atoms with Crippen molar-refractivity contribution >= 4 is 59.2 Å². The minimum Gasteiger partial charge on any atom is -0.370 e. The molecule has 0 bridgehead atoms. The van der Waals surface area contributed by atoms with Crippen LogP contribution >= 0.6 is 0 Å². The lowest BCUT2D eigenvalue weighted by Gasteiger charge is -2.28. The molecule has 0 saturated carbocycles. The number of primary amides is 1. The summed E-state index contributed by atoms with van der Waals surface area (Å²) < 4.78 is 0. The maximum atomic E-state index is 14.3. The van der Waals surface area contributed by atoms with E-state index in [1.807, 2.05) is 0 Å². The molecule has 402 valence electrons. The van der Waals surface area contributed by atoms with Crippen LogP contribution in [-0.4, -0.2) is 147 Å². The van der Waals surface area contributed by atoms with Crippen LogP contribution in [0.2, 0.25) is 0 Å². The fourth-order valence-corrected chi connectivity index (χ4v) is 6.90. The van der Waals surface area contributed by atoms with Gasteiger partial charge in [-0.1, -0.05) is 0 Å². The van der Waals surface area contributed by atoms with E-state index in [2.05, 4.69) is 46.9 Å². The van der Waals surface area contributed by atoms with Gasteiger partial charge in [0, 0.05) is 19.6 Å². The zero-order valence-corrected chi connectivity index (χ0v) is 40.8. The Kier molecular flexibility index (Phi) is 35.3. The number of unbranched alkanes of at least 4 members (excludes halogenated alkanes) is 4. The van der Waals surface area contributed by atoms with Crippen molar-refractivity contribution in [2.24, 2.45) is 83.8 Å². The number of hydrogen-bond donors (Lipinski definition) is 18. The average molecular weight is 998 g/mol. The van der Waals surface area contributed by atoms with Gasteiger partial charge in [0.1, 0.15) is 36.3 Å². The molecule has 0 aliphatic rings. The highest BCUT2D eigenvalue weighted by Gasteiger charge is 2.33. The van der Waals surface area contributed by atoms with Gasteiger partial charge >= 0.3 is 0 Å². The van der Waals surface area contributed by atoms with E-state index in [9.17, 15) is 33.6 Å². The van der Waals surface area contributed by atoms with Gasteiger partial charge in [-0.3, -0.25) is 48.5 Å². The Morgan fingerprint density at radius 3 is 0.800 bits per heavy atom. The van der Waals surface area contributed by atoms with Gasteiger partial charge in [-0.25, -0.2) is 0 Å². The van der Waals surface area contributed by atoms with Crippen molar-refractivity contribution in [3.05, 3.63) is 0 Å². The lowest BCUT2D eigenvalue weighted by atomic mass is 10.0. The first-order valence-corrected chi connectivity index (χ1v) is 24.1. The number of guanidine groups is 3. The van der Waals surface area contributed by atoms with Crippen LogP contribution in [0.15, 0.2) is 15.0 Å². The molecule has 0 aliphatic carbocycles. The van der Waals surface area contributed by atoms with E-state index in [0.29, 0.717) is 77.4 Å². The number of nitrogens with one attached hydrogen (secondary N) is 6.